The summed E-state index contributed by atoms with van der Waals surface area (Å²) in [4.78, 5) is 24.2. The van der Waals surface area contributed by atoms with Crippen LogP contribution in [-0.4, -0.2) is 40.5 Å². The highest BCUT2D eigenvalue weighted by atomic mass is 19.2. The number of hydrogen-bond acceptors (Lipinski definition) is 3. The van der Waals surface area contributed by atoms with Crippen LogP contribution in [0.25, 0.3) is 0 Å². The van der Waals surface area contributed by atoms with Gasteiger partial charge in [0.2, 0.25) is 0 Å². The number of rotatable bonds is 2. The molecule has 0 saturated carbocycles. The monoisotopic (exact) mass is 270 g/mol. The molecule has 102 valence electrons. The Labute approximate surface area is 107 Å². The highest BCUT2D eigenvalue weighted by Gasteiger charge is 2.43. The minimum atomic E-state index is -1.48. The van der Waals surface area contributed by atoms with Gasteiger partial charge in [-0.05, 0) is 24.6 Å². The number of aliphatic carboxylic acids is 1. The Morgan fingerprint density at radius 3 is 2.53 bits per heavy atom. The molecule has 0 spiro atoms. The van der Waals surface area contributed by atoms with E-state index < -0.39 is 29.0 Å². The highest BCUT2D eigenvalue weighted by Crippen LogP contribution is 2.21. The fourth-order valence-electron chi connectivity index (χ4n) is 1.99. The molecule has 1 heterocycles. The molecule has 1 fully saturated rings. The van der Waals surface area contributed by atoms with Crippen LogP contribution in [0.4, 0.5) is 8.78 Å². The molecule has 0 radical (unpaired) electrons. The van der Waals surface area contributed by atoms with Gasteiger partial charge in [-0.2, -0.15) is 0 Å². The van der Waals surface area contributed by atoms with E-state index in [4.69, 9.17) is 10.8 Å². The second-order valence-electron chi connectivity index (χ2n) is 4.57. The van der Waals surface area contributed by atoms with Crippen molar-refractivity contribution >= 4 is 11.9 Å². The van der Waals surface area contributed by atoms with E-state index in [9.17, 15) is 18.4 Å². The van der Waals surface area contributed by atoms with Gasteiger partial charge in [0.05, 0.1) is 0 Å². The van der Waals surface area contributed by atoms with Crippen molar-refractivity contribution in [3.63, 3.8) is 0 Å². The second kappa shape index (κ2) is 4.58. The first-order chi connectivity index (χ1) is 8.83. The molecule has 2 rings (SSSR count). The van der Waals surface area contributed by atoms with Crippen LogP contribution in [-0.2, 0) is 4.79 Å². The zero-order valence-electron chi connectivity index (χ0n) is 9.90. The molecule has 3 N–H and O–H groups in total. The molecule has 0 aromatic heterocycles. The van der Waals surface area contributed by atoms with E-state index in [0.29, 0.717) is 0 Å². The fourth-order valence-corrected chi connectivity index (χ4v) is 1.99. The topological polar surface area (TPSA) is 83.6 Å². The fraction of sp³-hybridized carbons (Fsp3) is 0.333. The molecule has 1 aliphatic rings. The quantitative estimate of drug-likeness (QED) is 0.824. The van der Waals surface area contributed by atoms with Gasteiger partial charge in [-0.1, -0.05) is 0 Å². The lowest BCUT2D eigenvalue weighted by Crippen LogP contribution is -2.50. The predicted molar refractivity (Wildman–Crippen MR) is 61.4 cm³/mol. The summed E-state index contributed by atoms with van der Waals surface area (Å²) in [6, 6.07) is 2.79. The van der Waals surface area contributed by atoms with Crippen molar-refractivity contribution in [2.45, 2.75) is 12.0 Å². The number of halogens is 2. The summed E-state index contributed by atoms with van der Waals surface area (Å²) in [6.45, 7) is 0.0147. The number of amides is 1. The van der Waals surface area contributed by atoms with Crippen molar-refractivity contribution in [3.8, 4) is 0 Å². The van der Waals surface area contributed by atoms with Crippen LogP contribution >= 0.6 is 0 Å². The summed E-state index contributed by atoms with van der Waals surface area (Å²) in [5.74, 6) is -3.92. The summed E-state index contributed by atoms with van der Waals surface area (Å²) in [7, 11) is 0. The number of carbonyl (C=O) groups excluding carboxylic acids is 1. The number of hydrogen-bond donors (Lipinski definition) is 2. The van der Waals surface area contributed by atoms with Crippen molar-refractivity contribution in [2.75, 3.05) is 13.1 Å². The minimum absolute atomic E-state index is 0.0338. The van der Waals surface area contributed by atoms with Gasteiger partial charge in [-0.15, -0.1) is 0 Å². The van der Waals surface area contributed by atoms with E-state index in [0.717, 1.165) is 18.2 Å². The van der Waals surface area contributed by atoms with E-state index in [-0.39, 0.29) is 25.1 Å². The molecule has 1 saturated heterocycles. The van der Waals surface area contributed by atoms with Crippen LogP contribution in [0.5, 0.6) is 0 Å². The average Bonchev–Trinajstić information content (AvgIpc) is 2.76. The van der Waals surface area contributed by atoms with E-state index in [1.807, 2.05) is 0 Å². The molecule has 1 amide bonds. The summed E-state index contributed by atoms with van der Waals surface area (Å²) in [6.07, 6.45) is 0.123. The number of nitrogens with two attached hydrogens (primary N) is 1. The van der Waals surface area contributed by atoms with Gasteiger partial charge < -0.3 is 15.7 Å². The average molecular weight is 270 g/mol. The molecule has 1 aromatic rings. The molecular weight excluding hydrogens is 258 g/mol. The van der Waals surface area contributed by atoms with Crippen LogP contribution in [0.1, 0.15) is 16.8 Å². The first kappa shape index (κ1) is 13.4. The normalized spacial score (nSPS) is 22.6. The van der Waals surface area contributed by atoms with Crippen LogP contribution < -0.4 is 5.73 Å². The Bertz CT molecular complexity index is 550. The van der Waals surface area contributed by atoms with Gasteiger partial charge in [0.25, 0.3) is 5.91 Å². The molecule has 0 bridgehead atoms. The maximum Gasteiger partial charge on any atom is 0.325 e. The minimum Gasteiger partial charge on any atom is -0.480 e. The van der Waals surface area contributed by atoms with E-state index in [1.54, 1.807) is 0 Å². The molecule has 19 heavy (non-hydrogen) atoms. The zero-order valence-corrected chi connectivity index (χ0v) is 9.90. The van der Waals surface area contributed by atoms with Gasteiger partial charge in [0.1, 0.15) is 5.54 Å². The number of carboxylic acids is 1. The standard InChI is InChI=1S/C12H12F2N2O3/c13-8-2-1-7(5-9(8)14)10(17)16-4-3-12(15,6-16)11(18)19/h1-2,5H,3-4,6,15H2,(H,18,19). The number of likely N-dealkylation sites (tertiary alicyclic amines) is 1. The van der Waals surface area contributed by atoms with Crippen molar-refractivity contribution in [1.29, 1.82) is 0 Å². The number of benzene rings is 1. The van der Waals surface area contributed by atoms with E-state index >= 15 is 0 Å². The Morgan fingerprint density at radius 1 is 1.32 bits per heavy atom. The second-order valence-corrected chi connectivity index (χ2v) is 4.57. The molecule has 1 aliphatic heterocycles. The Kier molecular flexibility index (Phi) is 3.23. The van der Waals surface area contributed by atoms with Crippen molar-refractivity contribution in [2.24, 2.45) is 5.73 Å². The largest absolute Gasteiger partial charge is 0.480 e. The Morgan fingerprint density at radius 2 is 2.00 bits per heavy atom. The Hall–Kier alpha value is -2.02. The number of carboxylic acid groups (broad SMARTS) is 1. The van der Waals surface area contributed by atoms with Crippen LogP contribution in [0, 0.1) is 11.6 Å². The molecule has 5 nitrogen and oxygen atoms in total. The van der Waals surface area contributed by atoms with Crippen molar-refractivity contribution < 1.29 is 23.5 Å². The number of nitrogens with zero attached hydrogens (tertiary/aromatic N) is 1. The maximum atomic E-state index is 13.0. The Balaban J connectivity index is 2.18. The summed E-state index contributed by atoms with van der Waals surface area (Å²) in [5, 5.41) is 8.95. The molecule has 0 aliphatic carbocycles. The lowest BCUT2D eigenvalue weighted by molar-refractivity contribution is -0.142. The van der Waals surface area contributed by atoms with Gasteiger partial charge >= 0.3 is 5.97 Å². The summed E-state index contributed by atoms with van der Waals surface area (Å²) in [5.41, 5.74) is 4.12. The molecule has 1 aromatic carbocycles. The first-order valence-corrected chi connectivity index (χ1v) is 5.60. The first-order valence-electron chi connectivity index (χ1n) is 5.60. The zero-order chi connectivity index (χ0) is 14.2. The molecule has 1 unspecified atom stereocenters. The summed E-state index contributed by atoms with van der Waals surface area (Å²) >= 11 is 0. The van der Waals surface area contributed by atoms with Crippen molar-refractivity contribution in [3.05, 3.63) is 35.4 Å². The van der Waals surface area contributed by atoms with E-state index in [1.165, 1.54) is 4.90 Å². The lowest BCUT2D eigenvalue weighted by atomic mass is 10.0. The van der Waals surface area contributed by atoms with Gasteiger partial charge in [0, 0.05) is 18.7 Å². The van der Waals surface area contributed by atoms with Gasteiger partial charge in [-0.25, -0.2) is 8.78 Å². The third kappa shape index (κ3) is 2.41. The third-order valence-corrected chi connectivity index (χ3v) is 3.18. The molecule has 1 atom stereocenters. The van der Waals surface area contributed by atoms with Crippen LogP contribution in [0.3, 0.4) is 0 Å². The maximum absolute atomic E-state index is 13.0. The van der Waals surface area contributed by atoms with Gasteiger partial charge in [-0.3, -0.25) is 9.59 Å². The van der Waals surface area contributed by atoms with Gasteiger partial charge in [0.15, 0.2) is 11.6 Å². The predicted octanol–water partition coefficient (Wildman–Crippen LogP) is 0.593. The lowest BCUT2D eigenvalue weighted by Gasteiger charge is -2.20. The van der Waals surface area contributed by atoms with Crippen LogP contribution in [0.15, 0.2) is 18.2 Å². The van der Waals surface area contributed by atoms with E-state index in [2.05, 4.69) is 0 Å². The highest BCUT2D eigenvalue weighted by molar-refractivity contribution is 5.95. The number of carbonyl (C=O) groups is 2. The van der Waals surface area contributed by atoms with Crippen LogP contribution in [0.2, 0.25) is 0 Å². The third-order valence-electron chi connectivity index (χ3n) is 3.18. The summed E-state index contributed by atoms with van der Waals surface area (Å²) < 4.78 is 25.8. The molecule has 7 heteroatoms. The SMILES string of the molecule is NC1(C(=O)O)CCN(C(=O)c2ccc(F)c(F)c2)C1. The van der Waals surface area contributed by atoms with Crippen molar-refractivity contribution in [1.82, 2.24) is 4.90 Å². The molecular formula is C12H12F2N2O3. The smallest absolute Gasteiger partial charge is 0.325 e.